The minimum absolute atomic E-state index is 0.372. The molecule has 250 valence electrons. The van der Waals surface area contributed by atoms with Gasteiger partial charge in [0.25, 0.3) is 0 Å². The minimum Gasteiger partial charge on any atom is -0.493 e. The van der Waals surface area contributed by atoms with Gasteiger partial charge >= 0.3 is 5.97 Å². The third kappa shape index (κ3) is 7.26. The van der Waals surface area contributed by atoms with Gasteiger partial charge in [0, 0.05) is 77.4 Å². The van der Waals surface area contributed by atoms with Gasteiger partial charge < -0.3 is 14.0 Å². The van der Waals surface area contributed by atoms with Crippen molar-refractivity contribution < 1.29 is 14.3 Å². The maximum absolute atomic E-state index is 12.9. The number of carbonyl (C=O) groups is 1. The number of hydrogen-bond donors (Lipinski definition) is 0. The van der Waals surface area contributed by atoms with Crippen LogP contribution < -0.4 is 4.74 Å². The van der Waals surface area contributed by atoms with Crippen LogP contribution in [0.15, 0.2) is 64.5 Å². The second kappa shape index (κ2) is 14.5. The van der Waals surface area contributed by atoms with Gasteiger partial charge in [-0.15, -0.1) is 11.8 Å². The Morgan fingerprint density at radius 1 is 1.00 bits per heavy atom. The maximum atomic E-state index is 12.9. The summed E-state index contributed by atoms with van der Waals surface area (Å²) >= 11 is 8.62. The molecule has 0 saturated heterocycles. The van der Waals surface area contributed by atoms with E-state index in [9.17, 15) is 4.79 Å². The first kappa shape index (κ1) is 33.6. The largest absolute Gasteiger partial charge is 0.493 e. The summed E-state index contributed by atoms with van der Waals surface area (Å²) in [4.78, 5) is 16.2. The third-order valence-electron chi connectivity index (χ3n) is 8.70. The molecule has 3 aromatic heterocycles. The number of allylic oxidation sites excluding steroid dienone is 2. The van der Waals surface area contributed by atoms with E-state index in [4.69, 9.17) is 31.3 Å². The third-order valence-corrected chi connectivity index (χ3v) is 9.94. The van der Waals surface area contributed by atoms with E-state index in [-0.39, 0.29) is 5.97 Å². The molecule has 1 aliphatic rings. The van der Waals surface area contributed by atoms with Gasteiger partial charge in [-0.1, -0.05) is 35.9 Å². The topological polar surface area (TPSA) is 79.3 Å². The molecule has 2 aromatic carbocycles. The zero-order valence-electron chi connectivity index (χ0n) is 28.3. The molecule has 4 heterocycles. The monoisotopic (exact) mass is 684 g/mol. The summed E-state index contributed by atoms with van der Waals surface area (Å²) in [5.41, 5.74) is 7.33. The average molecular weight is 685 g/mol. The lowest BCUT2D eigenvalue weighted by atomic mass is 10.1. The SMILES string of the molecule is COC(=O)c1c(C)cc2n1CCCOc1cc(cc3ccccc13)SCc1cc(nn1C)CN(C)Cc1nn(C)c(C)c1/C=C(Cl)/C=C\2. The van der Waals surface area contributed by atoms with Crippen LogP contribution in [0.25, 0.3) is 22.9 Å². The summed E-state index contributed by atoms with van der Waals surface area (Å²) < 4.78 is 17.5. The van der Waals surface area contributed by atoms with E-state index >= 15 is 0 Å². The smallest absolute Gasteiger partial charge is 0.354 e. The number of halogens is 1. The molecule has 0 unspecified atom stereocenters. The van der Waals surface area contributed by atoms with E-state index in [1.807, 2.05) is 72.2 Å². The lowest BCUT2D eigenvalue weighted by molar-refractivity contribution is 0.0587. The first-order chi connectivity index (χ1) is 23.1. The number of aromatic nitrogens is 5. The Kier molecular flexibility index (Phi) is 10.1. The predicted molar refractivity (Wildman–Crippen MR) is 193 cm³/mol. The van der Waals surface area contributed by atoms with Crippen molar-refractivity contribution in [2.24, 2.45) is 14.1 Å². The fourth-order valence-electron chi connectivity index (χ4n) is 6.19. The highest BCUT2D eigenvalue weighted by Crippen LogP contribution is 2.34. The first-order valence-corrected chi connectivity index (χ1v) is 17.3. The van der Waals surface area contributed by atoms with Crippen LogP contribution >= 0.6 is 23.4 Å². The van der Waals surface area contributed by atoms with Gasteiger partial charge in [-0.05, 0) is 80.8 Å². The van der Waals surface area contributed by atoms with Crippen LogP contribution in [0.4, 0.5) is 0 Å². The second-order valence-corrected chi connectivity index (χ2v) is 13.7. The average Bonchev–Trinajstić information content (AvgIpc) is 3.66. The van der Waals surface area contributed by atoms with Crippen molar-refractivity contribution in [1.29, 1.82) is 0 Å². The Hall–Kier alpha value is -4.25. The molecule has 5 aromatic rings. The van der Waals surface area contributed by atoms with Crippen molar-refractivity contribution in [2.45, 2.75) is 50.6 Å². The molecule has 0 fully saturated rings. The highest BCUT2D eigenvalue weighted by molar-refractivity contribution is 7.98. The fourth-order valence-corrected chi connectivity index (χ4v) is 7.35. The van der Waals surface area contributed by atoms with E-state index in [0.717, 1.165) is 66.8 Å². The van der Waals surface area contributed by atoms with Crippen molar-refractivity contribution in [2.75, 3.05) is 20.8 Å². The zero-order chi connectivity index (χ0) is 33.9. The molecule has 0 radical (unpaired) electrons. The molecule has 0 aliphatic carbocycles. The Balaban J connectivity index is 1.38. The Morgan fingerprint density at radius 2 is 1.81 bits per heavy atom. The van der Waals surface area contributed by atoms with Crippen LogP contribution in [-0.2, 0) is 44.2 Å². The van der Waals surface area contributed by atoms with Crippen LogP contribution in [0, 0.1) is 13.8 Å². The molecule has 0 amide bonds. The van der Waals surface area contributed by atoms with Crippen molar-refractivity contribution in [3.05, 3.63) is 105 Å². The van der Waals surface area contributed by atoms with Crippen LogP contribution in [0.1, 0.15) is 56.5 Å². The molecule has 0 atom stereocenters. The van der Waals surface area contributed by atoms with E-state index in [2.05, 4.69) is 48.3 Å². The highest BCUT2D eigenvalue weighted by atomic mass is 35.5. The van der Waals surface area contributed by atoms with Gasteiger partial charge in [-0.2, -0.15) is 10.2 Å². The van der Waals surface area contributed by atoms with E-state index in [1.54, 1.807) is 11.8 Å². The number of esters is 1. The number of methoxy groups -OCH3 is 1. The number of rotatable bonds is 1. The van der Waals surface area contributed by atoms with Gasteiger partial charge in [0.15, 0.2) is 0 Å². The molecule has 48 heavy (non-hydrogen) atoms. The van der Waals surface area contributed by atoms with Gasteiger partial charge in [-0.3, -0.25) is 14.3 Å². The van der Waals surface area contributed by atoms with Crippen LogP contribution in [-0.4, -0.2) is 55.8 Å². The molecule has 1 aliphatic heterocycles. The van der Waals surface area contributed by atoms with Gasteiger partial charge in [0.2, 0.25) is 0 Å². The summed E-state index contributed by atoms with van der Waals surface area (Å²) in [5.74, 6) is 1.25. The number of ether oxygens (including phenoxy) is 2. The summed E-state index contributed by atoms with van der Waals surface area (Å²) in [5, 5.41) is 12.4. The van der Waals surface area contributed by atoms with Gasteiger partial charge in [-0.25, -0.2) is 4.79 Å². The summed E-state index contributed by atoms with van der Waals surface area (Å²) in [6, 6.07) is 16.8. The number of hydrogen-bond acceptors (Lipinski definition) is 7. The minimum atomic E-state index is -0.372. The maximum Gasteiger partial charge on any atom is 0.354 e. The number of fused-ring (bicyclic) bond motifs is 8. The van der Waals surface area contributed by atoms with E-state index in [1.165, 1.54) is 7.11 Å². The van der Waals surface area contributed by atoms with Crippen LogP contribution in [0.5, 0.6) is 5.75 Å². The number of nitrogens with zero attached hydrogens (tertiary/aromatic N) is 6. The molecule has 0 spiro atoms. The van der Waals surface area contributed by atoms with Crippen LogP contribution in [0.3, 0.4) is 0 Å². The van der Waals surface area contributed by atoms with Gasteiger partial charge in [0.1, 0.15) is 11.4 Å². The fraction of sp³-hybridized carbons (Fsp3) is 0.324. The number of thioether (sulfide) groups is 1. The Bertz CT molecular complexity index is 2040. The van der Waals surface area contributed by atoms with Crippen molar-refractivity contribution in [3.8, 4) is 5.75 Å². The highest BCUT2D eigenvalue weighted by Gasteiger charge is 2.20. The van der Waals surface area contributed by atoms with E-state index in [0.29, 0.717) is 43.4 Å². The molecule has 4 bridgehead atoms. The molecule has 11 heteroatoms. The predicted octanol–water partition coefficient (Wildman–Crippen LogP) is 7.51. The zero-order valence-corrected chi connectivity index (χ0v) is 29.9. The molecular formula is C37H41ClN6O3S. The summed E-state index contributed by atoms with van der Waals surface area (Å²) in [6.45, 7) is 6.31. The molecular weight excluding hydrogens is 644 g/mol. The molecule has 0 saturated carbocycles. The lowest BCUT2D eigenvalue weighted by Crippen LogP contribution is -2.18. The number of benzene rings is 2. The summed E-state index contributed by atoms with van der Waals surface area (Å²) in [6.07, 6.45) is 6.45. The Morgan fingerprint density at radius 3 is 2.62 bits per heavy atom. The molecule has 6 rings (SSSR count). The number of carbonyl (C=O) groups excluding carboxylic acids is 1. The van der Waals surface area contributed by atoms with E-state index < -0.39 is 0 Å². The van der Waals surface area contributed by atoms with Gasteiger partial charge in [0.05, 0.1) is 25.1 Å². The molecule has 0 N–H and O–H groups in total. The van der Waals surface area contributed by atoms with Crippen molar-refractivity contribution >= 4 is 52.3 Å². The second-order valence-electron chi connectivity index (χ2n) is 12.2. The van der Waals surface area contributed by atoms with Crippen molar-refractivity contribution in [3.63, 3.8) is 0 Å². The lowest BCUT2D eigenvalue weighted by Gasteiger charge is -2.14. The standard InChI is InChI=1S/C37H41ClN6O3S/c1-24-16-29-13-12-27(38)18-33-25(2)42(4)40-34(33)22-41(3)21-28-19-30(43(5)39-28)23-48-31-17-26-10-7-8-11-32(26)35(20-31)47-15-9-14-44(29)36(24)37(45)46-6/h7-8,10-13,16-20H,9,14-15,21-23H2,1-6H3/b13-12-,27-18-. The normalized spacial score (nSPS) is 16.8. The quantitative estimate of drug-likeness (QED) is 0.169. The first-order valence-electron chi connectivity index (χ1n) is 16.0. The summed E-state index contributed by atoms with van der Waals surface area (Å²) in [7, 11) is 7.44. The van der Waals surface area contributed by atoms with Crippen LogP contribution in [0.2, 0.25) is 0 Å². The molecule has 9 nitrogen and oxygen atoms in total. The van der Waals surface area contributed by atoms with Crippen molar-refractivity contribution in [1.82, 2.24) is 29.0 Å². The Labute approximate surface area is 290 Å². The number of aryl methyl sites for hydroxylation is 3.